The summed E-state index contributed by atoms with van der Waals surface area (Å²) >= 11 is 0. The van der Waals surface area contributed by atoms with Gasteiger partial charge < -0.3 is 20.9 Å². The maximum atomic E-state index is 11.6. The number of nitrogens with two attached hydrogens (primary N) is 1. The summed E-state index contributed by atoms with van der Waals surface area (Å²) in [6.45, 7) is 3.00. The predicted octanol–water partition coefficient (Wildman–Crippen LogP) is 1.63. The Hall–Kier alpha value is -1.75. The molecular weight excluding hydrogens is 232 g/mol. The summed E-state index contributed by atoms with van der Waals surface area (Å²) in [5.74, 6) is -0.351. The van der Waals surface area contributed by atoms with Crippen molar-refractivity contribution in [3.63, 3.8) is 0 Å². The van der Waals surface area contributed by atoms with Crippen LogP contribution in [0.1, 0.15) is 30.1 Å². The van der Waals surface area contributed by atoms with Crippen molar-refractivity contribution in [2.24, 2.45) is 0 Å². The third kappa shape index (κ3) is 4.25. The smallest absolute Gasteiger partial charge is 0.338 e. The summed E-state index contributed by atoms with van der Waals surface area (Å²) in [4.78, 5) is 11.6. The van der Waals surface area contributed by atoms with Gasteiger partial charge in [0.1, 0.15) is 0 Å². The Morgan fingerprint density at radius 3 is 2.89 bits per heavy atom. The molecule has 5 heteroatoms. The second-order valence-electron chi connectivity index (χ2n) is 3.88. The van der Waals surface area contributed by atoms with Crippen LogP contribution in [0.2, 0.25) is 0 Å². The van der Waals surface area contributed by atoms with Crippen LogP contribution in [-0.4, -0.2) is 30.8 Å². The second-order valence-corrected chi connectivity index (χ2v) is 3.88. The van der Waals surface area contributed by atoms with Crippen LogP contribution < -0.4 is 11.1 Å². The first kappa shape index (κ1) is 14.3. The number of hydrogen-bond acceptors (Lipinski definition) is 5. The maximum absolute atomic E-state index is 11.6. The number of ether oxygens (including phenoxy) is 1. The molecule has 0 atom stereocenters. The van der Waals surface area contributed by atoms with E-state index in [1.807, 2.05) is 0 Å². The third-order valence-corrected chi connectivity index (χ3v) is 2.46. The first-order valence-electron chi connectivity index (χ1n) is 6.10. The van der Waals surface area contributed by atoms with Crippen LogP contribution in [0.3, 0.4) is 0 Å². The van der Waals surface area contributed by atoms with E-state index in [4.69, 9.17) is 15.6 Å². The summed E-state index contributed by atoms with van der Waals surface area (Å²) in [7, 11) is 0. The number of hydrogen-bond donors (Lipinski definition) is 3. The molecule has 0 amide bonds. The molecular formula is C13H20N2O3. The Morgan fingerprint density at radius 2 is 2.22 bits per heavy atom. The van der Waals surface area contributed by atoms with Gasteiger partial charge in [-0.1, -0.05) is 0 Å². The highest BCUT2D eigenvalue weighted by molar-refractivity contribution is 5.92. The number of nitrogen functional groups attached to an aromatic ring is 1. The summed E-state index contributed by atoms with van der Waals surface area (Å²) in [6, 6.07) is 5.01. The average Bonchev–Trinajstić information content (AvgIpc) is 2.37. The molecule has 4 N–H and O–H groups in total. The van der Waals surface area contributed by atoms with Gasteiger partial charge in [-0.2, -0.15) is 0 Å². The van der Waals surface area contributed by atoms with Crippen molar-refractivity contribution >= 4 is 17.3 Å². The SMILES string of the molecule is CCOC(=O)c1ccc(N)c(NCCCCO)c1. The molecule has 0 heterocycles. The number of nitrogens with one attached hydrogen (secondary N) is 1. The number of carbonyl (C=O) groups excluding carboxylic acids is 1. The van der Waals surface area contributed by atoms with Gasteiger partial charge in [0, 0.05) is 13.2 Å². The maximum Gasteiger partial charge on any atom is 0.338 e. The van der Waals surface area contributed by atoms with Gasteiger partial charge in [0.15, 0.2) is 0 Å². The molecule has 0 spiro atoms. The van der Waals surface area contributed by atoms with Crippen LogP contribution in [0.5, 0.6) is 0 Å². The van der Waals surface area contributed by atoms with Gasteiger partial charge in [0.05, 0.1) is 23.5 Å². The molecule has 0 aliphatic heterocycles. The standard InChI is InChI=1S/C13H20N2O3/c1-2-18-13(17)10-5-6-11(14)12(9-10)15-7-3-4-8-16/h5-6,9,15-16H,2-4,7-8,14H2,1H3. The zero-order chi connectivity index (χ0) is 13.4. The van der Waals surface area contributed by atoms with Gasteiger partial charge in [-0.25, -0.2) is 4.79 Å². The third-order valence-electron chi connectivity index (χ3n) is 2.46. The van der Waals surface area contributed by atoms with Crippen LogP contribution in [0, 0.1) is 0 Å². The summed E-state index contributed by atoms with van der Waals surface area (Å²) in [5.41, 5.74) is 7.61. The van der Waals surface area contributed by atoms with Crippen molar-refractivity contribution in [3.8, 4) is 0 Å². The number of rotatable bonds is 7. The summed E-state index contributed by atoms with van der Waals surface area (Å²) in [5, 5.41) is 11.8. The lowest BCUT2D eigenvalue weighted by Gasteiger charge is -2.10. The van der Waals surface area contributed by atoms with Gasteiger partial charge in [0.25, 0.3) is 0 Å². The molecule has 100 valence electrons. The quantitative estimate of drug-likeness (QED) is 0.390. The first-order valence-corrected chi connectivity index (χ1v) is 6.10. The lowest BCUT2D eigenvalue weighted by atomic mass is 10.1. The zero-order valence-corrected chi connectivity index (χ0v) is 10.6. The Morgan fingerprint density at radius 1 is 1.44 bits per heavy atom. The van der Waals surface area contributed by atoms with E-state index in [0.717, 1.165) is 18.5 Å². The second kappa shape index (κ2) is 7.55. The minimum absolute atomic E-state index is 0.181. The molecule has 0 saturated heterocycles. The summed E-state index contributed by atoms with van der Waals surface area (Å²) < 4.78 is 4.93. The largest absolute Gasteiger partial charge is 0.462 e. The molecule has 1 aromatic rings. The molecule has 0 fully saturated rings. The van der Waals surface area contributed by atoms with E-state index in [9.17, 15) is 4.79 Å². The van der Waals surface area contributed by atoms with E-state index < -0.39 is 0 Å². The zero-order valence-electron chi connectivity index (χ0n) is 10.6. The molecule has 0 aliphatic carbocycles. The molecule has 0 aromatic heterocycles. The van der Waals surface area contributed by atoms with Crippen molar-refractivity contribution in [3.05, 3.63) is 23.8 Å². The molecule has 0 bridgehead atoms. The normalized spacial score (nSPS) is 10.1. The number of benzene rings is 1. The van der Waals surface area contributed by atoms with E-state index >= 15 is 0 Å². The monoisotopic (exact) mass is 252 g/mol. The highest BCUT2D eigenvalue weighted by Crippen LogP contribution is 2.20. The van der Waals surface area contributed by atoms with Crippen molar-refractivity contribution in [1.82, 2.24) is 0 Å². The number of esters is 1. The Labute approximate surface area is 107 Å². The number of carbonyl (C=O) groups is 1. The Balaban J connectivity index is 2.66. The van der Waals surface area contributed by atoms with E-state index in [0.29, 0.717) is 24.4 Å². The van der Waals surface area contributed by atoms with Crippen molar-refractivity contribution in [2.75, 3.05) is 30.8 Å². The molecule has 0 saturated carbocycles. The minimum Gasteiger partial charge on any atom is -0.462 e. The first-order chi connectivity index (χ1) is 8.69. The lowest BCUT2D eigenvalue weighted by Crippen LogP contribution is -2.08. The van der Waals surface area contributed by atoms with Crippen LogP contribution >= 0.6 is 0 Å². The van der Waals surface area contributed by atoms with Gasteiger partial charge >= 0.3 is 5.97 Å². The number of unbranched alkanes of at least 4 members (excludes halogenated alkanes) is 1. The van der Waals surface area contributed by atoms with E-state index in [1.54, 1.807) is 25.1 Å². The van der Waals surface area contributed by atoms with Gasteiger partial charge in [0.2, 0.25) is 0 Å². The fourth-order valence-electron chi connectivity index (χ4n) is 1.51. The molecule has 0 radical (unpaired) electrons. The summed E-state index contributed by atoms with van der Waals surface area (Å²) in [6.07, 6.45) is 1.59. The van der Waals surface area contributed by atoms with E-state index in [-0.39, 0.29) is 12.6 Å². The van der Waals surface area contributed by atoms with E-state index in [2.05, 4.69) is 5.32 Å². The molecule has 5 nitrogen and oxygen atoms in total. The predicted molar refractivity (Wildman–Crippen MR) is 71.6 cm³/mol. The molecule has 0 aliphatic rings. The van der Waals surface area contributed by atoms with Crippen LogP contribution in [0.4, 0.5) is 11.4 Å². The fourth-order valence-corrected chi connectivity index (χ4v) is 1.51. The highest BCUT2D eigenvalue weighted by Gasteiger charge is 2.08. The Kier molecular flexibility index (Phi) is 6.00. The molecule has 18 heavy (non-hydrogen) atoms. The van der Waals surface area contributed by atoms with Crippen LogP contribution in [0.25, 0.3) is 0 Å². The van der Waals surface area contributed by atoms with Crippen LogP contribution in [0.15, 0.2) is 18.2 Å². The van der Waals surface area contributed by atoms with Gasteiger partial charge in [-0.05, 0) is 38.0 Å². The van der Waals surface area contributed by atoms with Gasteiger partial charge in [-0.3, -0.25) is 0 Å². The fraction of sp³-hybridized carbons (Fsp3) is 0.462. The number of anilines is 2. The van der Waals surface area contributed by atoms with Crippen molar-refractivity contribution in [2.45, 2.75) is 19.8 Å². The minimum atomic E-state index is -0.351. The van der Waals surface area contributed by atoms with E-state index in [1.165, 1.54) is 0 Å². The molecule has 0 unspecified atom stereocenters. The average molecular weight is 252 g/mol. The molecule has 1 aromatic carbocycles. The lowest BCUT2D eigenvalue weighted by molar-refractivity contribution is 0.0526. The topological polar surface area (TPSA) is 84.6 Å². The highest BCUT2D eigenvalue weighted by atomic mass is 16.5. The molecule has 1 rings (SSSR count). The van der Waals surface area contributed by atoms with Crippen LogP contribution in [-0.2, 0) is 4.74 Å². The van der Waals surface area contributed by atoms with Crippen molar-refractivity contribution in [1.29, 1.82) is 0 Å². The number of aliphatic hydroxyl groups excluding tert-OH is 1. The van der Waals surface area contributed by atoms with Gasteiger partial charge in [-0.15, -0.1) is 0 Å². The van der Waals surface area contributed by atoms with Crippen molar-refractivity contribution < 1.29 is 14.6 Å². The number of aliphatic hydroxyl groups is 1. The Bertz CT molecular complexity index is 394.